The lowest BCUT2D eigenvalue weighted by molar-refractivity contribution is 0.355. The lowest BCUT2D eigenvalue weighted by atomic mass is 10.1. The highest BCUT2D eigenvalue weighted by atomic mass is 15.4. The molecule has 0 atom stereocenters. The number of aryl methyl sites for hydroxylation is 2. The van der Waals surface area contributed by atoms with Crippen molar-refractivity contribution in [3.05, 3.63) is 35.9 Å². The van der Waals surface area contributed by atoms with Gasteiger partial charge in [0.05, 0.1) is 24.5 Å². The Balaban J connectivity index is 1.80. The lowest BCUT2D eigenvalue weighted by Gasteiger charge is -2.18. The van der Waals surface area contributed by atoms with Gasteiger partial charge in [0.15, 0.2) is 0 Å². The number of aromatic nitrogens is 7. The van der Waals surface area contributed by atoms with E-state index in [9.17, 15) is 0 Å². The highest BCUT2D eigenvalue weighted by Gasteiger charge is 2.15. The fourth-order valence-electron chi connectivity index (χ4n) is 2.34. The molecule has 0 saturated heterocycles. The fourth-order valence-corrected chi connectivity index (χ4v) is 2.34. The Hall–Kier alpha value is -2.44. The molecule has 0 aliphatic carbocycles. The molecule has 0 saturated carbocycles. The van der Waals surface area contributed by atoms with Crippen LogP contribution in [0.1, 0.15) is 31.9 Å². The van der Waals surface area contributed by atoms with Crippen LogP contribution in [-0.2, 0) is 19.1 Å². The van der Waals surface area contributed by atoms with E-state index >= 15 is 0 Å². The summed E-state index contributed by atoms with van der Waals surface area (Å²) in [6, 6.07) is 0. The van der Waals surface area contributed by atoms with Crippen molar-refractivity contribution >= 4 is 0 Å². The van der Waals surface area contributed by atoms with Gasteiger partial charge in [-0.15, -0.1) is 5.10 Å². The van der Waals surface area contributed by atoms with Crippen LogP contribution in [0.15, 0.2) is 24.8 Å². The lowest BCUT2D eigenvalue weighted by Crippen LogP contribution is -2.21. The van der Waals surface area contributed by atoms with Gasteiger partial charge >= 0.3 is 0 Å². The highest BCUT2D eigenvalue weighted by Crippen LogP contribution is 2.19. The van der Waals surface area contributed by atoms with E-state index in [0.717, 1.165) is 22.5 Å². The largest absolute Gasteiger partial charge is 0.275 e. The summed E-state index contributed by atoms with van der Waals surface area (Å²) >= 11 is 0. The second kappa shape index (κ2) is 5.08. The number of hydrogen-bond acceptors (Lipinski definition) is 4. The first-order chi connectivity index (χ1) is 10.3. The summed E-state index contributed by atoms with van der Waals surface area (Å²) in [6.45, 7) is 9.05. The van der Waals surface area contributed by atoms with Crippen LogP contribution in [0.25, 0.3) is 11.4 Å². The molecule has 116 valence electrons. The molecule has 3 rings (SSSR count). The standard InChI is InChI=1S/C15H21N7/c1-11-7-20(5)18-14(11)13-10-21(19-17-13)8-12-6-16-22(9-12)15(2,3)4/h6-7,9-10H,8H2,1-5H3. The molecular weight excluding hydrogens is 278 g/mol. The molecule has 0 aromatic carbocycles. The minimum atomic E-state index is -0.0170. The zero-order chi connectivity index (χ0) is 15.9. The Morgan fingerprint density at radius 1 is 1.14 bits per heavy atom. The molecule has 0 aliphatic rings. The van der Waals surface area contributed by atoms with Crippen LogP contribution in [0.2, 0.25) is 0 Å². The molecule has 3 aromatic heterocycles. The van der Waals surface area contributed by atoms with Crippen molar-refractivity contribution in [1.29, 1.82) is 0 Å². The summed E-state index contributed by atoms with van der Waals surface area (Å²) < 4.78 is 5.56. The normalized spacial score (nSPS) is 12.0. The number of hydrogen-bond donors (Lipinski definition) is 0. The van der Waals surface area contributed by atoms with Crippen molar-refractivity contribution < 1.29 is 0 Å². The smallest absolute Gasteiger partial charge is 0.133 e. The van der Waals surface area contributed by atoms with Gasteiger partial charge in [0.2, 0.25) is 0 Å². The van der Waals surface area contributed by atoms with Gasteiger partial charge in [0.25, 0.3) is 0 Å². The minimum absolute atomic E-state index is 0.0170. The Kier molecular flexibility index (Phi) is 3.35. The van der Waals surface area contributed by atoms with Crippen LogP contribution >= 0.6 is 0 Å². The first-order valence-corrected chi connectivity index (χ1v) is 7.28. The van der Waals surface area contributed by atoms with Gasteiger partial charge in [0, 0.05) is 25.0 Å². The third-order valence-electron chi connectivity index (χ3n) is 3.46. The molecular formula is C15H21N7. The van der Waals surface area contributed by atoms with Gasteiger partial charge in [-0.3, -0.25) is 9.36 Å². The molecule has 0 spiro atoms. The van der Waals surface area contributed by atoms with E-state index in [1.807, 2.05) is 48.1 Å². The zero-order valence-electron chi connectivity index (χ0n) is 13.6. The van der Waals surface area contributed by atoms with E-state index in [1.165, 1.54) is 0 Å². The Morgan fingerprint density at radius 3 is 2.50 bits per heavy atom. The van der Waals surface area contributed by atoms with Crippen LogP contribution in [0.5, 0.6) is 0 Å². The fraction of sp³-hybridized carbons (Fsp3) is 0.467. The van der Waals surface area contributed by atoms with Gasteiger partial charge in [-0.2, -0.15) is 10.2 Å². The summed E-state index contributed by atoms with van der Waals surface area (Å²) in [5, 5.41) is 17.2. The van der Waals surface area contributed by atoms with Crippen LogP contribution in [0.4, 0.5) is 0 Å². The van der Waals surface area contributed by atoms with Crippen LogP contribution < -0.4 is 0 Å². The molecule has 3 heterocycles. The topological polar surface area (TPSA) is 66.3 Å². The third kappa shape index (κ3) is 2.79. The van der Waals surface area contributed by atoms with Crippen LogP contribution in [0.3, 0.4) is 0 Å². The highest BCUT2D eigenvalue weighted by molar-refractivity contribution is 5.56. The molecule has 7 nitrogen and oxygen atoms in total. The van der Waals surface area contributed by atoms with Crippen molar-refractivity contribution in [2.75, 3.05) is 0 Å². The maximum Gasteiger partial charge on any atom is 0.133 e. The zero-order valence-corrected chi connectivity index (χ0v) is 13.6. The van der Waals surface area contributed by atoms with E-state index in [4.69, 9.17) is 0 Å². The monoisotopic (exact) mass is 299 g/mol. The predicted molar refractivity (Wildman–Crippen MR) is 83.3 cm³/mol. The maximum absolute atomic E-state index is 4.42. The van der Waals surface area contributed by atoms with Gasteiger partial charge < -0.3 is 0 Å². The molecule has 0 unspecified atom stereocenters. The average Bonchev–Trinajstić information content (AvgIpc) is 3.09. The molecule has 22 heavy (non-hydrogen) atoms. The molecule has 0 amide bonds. The van der Waals surface area contributed by atoms with E-state index in [-0.39, 0.29) is 5.54 Å². The van der Waals surface area contributed by atoms with Gasteiger partial charge in [0.1, 0.15) is 11.4 Å². The average molecular weight is 299 g/mol. The van der Waals surface area contributed by atoms with Crippen molar-refractivity contribution in [2.24, 2.45) is 7.05 Å². The van der Waals surface area contributed by atoms with Crippen molar-refractivity contribution in [3.63, 3.8) is 0 Å². The quantitative estimate of drug-likeness (QED) is 0.742. The predicted octanol–water partition coefficient (Wildman–Crippen LogP) is 1.99. The minimum Gasteiger partial charge on any atom is -0.275 e. The Bertz CT molecular complexity index is 785. The molecule has 0 fully saturated rings. The first-order valence-electron chi connectivity index (χ1n) is 7.28. The van der Waals surface area contributed by atoms with E-state index in [0.29, 0.717) is 6.54 Å². The SMILES string of the molecule is Cc1cn(C)nc1-c1cn(Cc2cnn(C(C)(C)C)c2)nn1. The summed E-state index contributed by atoms with van der Waals surface area (Å²) in [6.07, 6.45) is 7.82. The van der Waals surface area contributed by atoms with Gasteiger partial charge in [-0.05, 0) is 33.3 Å². The Morgan fingerprint density at radius 2 is 1.91 bits per heavy atom. The summed E-state index contributed by atoms with van der Waals surface area (Å²) in [5.74, 6) is 0. The van der Waals surface area contributed by atoms with Crippen LogP contribution in [-0.4, -0.2) is 34.6 Å². The van der Waals surface area contributed by atoms with Crippen molar-refractivity contribution in [2.45, 2.75) is 39.8 Å². The summed E-state index contributed by atoms with van der Waals surface area (Å²) in [7, 11) is 1.90. The van der Waals surface area contributed by atoms with Crippen molar-refractivity contribution in [1.82, 2.24) is 34.6 Å². The van der Waals surface area contributed by atoms with Crippen molar-refractivity contribution in [3.8, 4) is 11.4 Å². The molecule has 0 radical (unpaired) electrons. The number of nitrogens with zero attached hydrogens (tertiary/aromatic N) is 7. The second-order valence-corrected chi connectivity index (χ2v) is 6.60. The molecule has 0 bridgehead atoms. The first kappa shape index (κ1) is 14.5. The number of rotatable bonds is 3. The second-order valence-electron chi connectivity index (χ2n) is 6.60. The summed E-state index contributed by atoms with van der Waals surface area (Å²) in [4.78, 5) is 0. The van der Waals surface area contributed by atoms with E-state index in [1.54, 1.807) is 4.68 Å². The third-order valence-corrected chi connectivity index (χ3v) is 3.46. The molecule has 0 aliphatic heterocycles. The molecule has 3 aromatic rings. The summed E-state index contributed by atoms with van der Waals surface area (Å²) in [5.41, 5.74) is 3.84. The molecule has 0 N–H and O–H groups in total. The van der Waals surface area contributed by atoms with Crippen LogP contribution in [0, 0.1) is 6.92 Å². The van der Waals surface area contributed by atoms with E-state index in [2.05, 4.69) is 41.3 Å². The molecule has 7 heteroatoms. The Labute approximate surface area is 129 Å². The maximum atomic E-state index is 4.42. The van der Waals surface area contributed by atoms with Gasteiger partial charge in [-0.1, -0.05) is 5.21 Å². The van der Waals surface area contributed by atoms with E-state index < -0.39 is 0 Å². The van der Waals surface area contributed by atoms with Gasteiger partial charge in [-0.25, -0.2) is 4.68 Å².